The Bertz CT molecular complexity index is 636. The Labute approximate surface area is 93.2 Å². The molecular formula is C12H7BN2O. The smallest absolute Gasteiger partial charge is 0.135 e. The van der Waals surface area contributed by atoms with Gasteiger partial charge in [0.25, 0.3) is 0 Å². The third kappa shape index (κ3) is 1.10. The molecule has 4 heteroatoms. The summed E-state index contributed by atoms with van der Waals surface area (Å²) in [7, 11) is 5.85. The van der Waals surface area contributed by atoms with Gasteiger partial charge in [0.2, 0.25) is 0 Å². The van der Waals surface area contributed by atoms with E-state index in [1.807, 2.05) is 18.2 Å². The first-order valence-corrected chi connectivity index (χ1v) is 4.89. The van der Waals surface area contributed by atoms with Crippen LogP contribution in [0, 0.1) is 0 Å². The maximum atomic E-state index is 9.94. The molecule has 0 saturated carbocycles. The predicted molar refractivity (Wildman–Crippen MR) is 64.1 cm³/mol. The molecule has 0 aliphatic heterocycles. The Balaban J connectivity index is 2.69. The van der Waals surface area contributed by atoms with E-state index in [9.17, 15) is 5.11 Å². The standard InChI is InChI=1S/C12H7BN2O/c13-9-7-3-1-5-14-10(7)8-4-2-6-15-11(8)12(9)16/h1-6,16H. The average Bonchev–Trinajstić information content (AvgIpc) is 2.36. The second kappa shape index (κ2) is 3.20. The quantitative estimate of drug-likeness (QED) is 0.445. The fourth-order valence-corrected chi connectivity index (χ4v) is 1.88. The number of phenols is 1. The Kier molecular flexibility index (Phi) is 1.83. The number of aromatic hydroxyl groups is 1. The molecule has 2 radical (unpaired) electrons. The first-order valence-electron chi connectivity index (χ1n) is 4.89. The van der Waals surface area contributed by atoms with Crippen LogP contribution in [0.3, 0.4) is 0 Å². The highest BCUT2D eigenvalue weighted by molar-refractivity contribution is 6.43. The molecule has 0 amide bonds. The molecule has 74 valence electrons. The minimum Gasteiger partial charge on any atom is -0.506 e. The first-order chi connectivity index (χ1) is 7.79. The lowest BCUT2D eigenvalue weighted by Crippen LogP contribution is -2.06. The molecule has 0 fully saturated rings. The molecule has 0 aliphatic rings. The summed E-state index contributed by atoms with van der Waals surface area (Å²) in [6, 6.07) is 7.31. The van der Waals surface area contributed by atoms with Crippen LogP contribution >= 0.6 is 0 Å². The topological polar surface area (TPSA) is 46.0 Å². The van der Waals surface area contributed by atoms with E-state index in [0.29, 0.717) is 11.0 Å². The maximum absolute atomic E-state index is 9.94. The number of hydrogen-bond donors (Lipinski definition) is 1. The third-order valence-electron chi connectivity index (χ3n) is 2.64. The van der Waals surface area contributed by atoms with Crippen LogP contribution in [0.2, 0.25) is 0 Å². The van der Waals surface area contributed by atoms with E-state index < -0.39 is 0 Å². The van der Waals surface area contributed by atoms with E-state index in [0.717, 1.165) is 16.3 Å². The molecule has 2 heterocycles. The van der Waals surface area contributed by atoms with E-state index in [1.54, 1.807) is 18.5 Å². The van der Waals surface area contributed by atoms with Crippen LogP contribution in [-0.4, -0.2) is 22.9 Å². The zero-order valence-electron chi connectivity index (χ0n) is 8.38. The second-order valence-corrected chi connectivity index (χ2v) is 3.56. The zero-order valence-corrected chi connectivity index (χ0v) is 8.38. The molecule has 0 aliphatic carbocycles. The van der Waals surface area contributed by atoms with Crippen LogP contribution in [0.4, 0.5) is 0 Å². The summed E-state index contributed by atoms with van der Waals surface area (Å²) < 4.78 is 0. The highest BCUT2D eigenvalue weighted by Gasteiger charge is 2.10. The molecule has 0 saturated heterocycles. The van der Waals surface area contributed by atoms with Gasteiger partial charge < -0.3 is 5.11 Å². The monoisotopic (exact) mass is 206 g/mol. The zero-order chi connectivity index (χ0) is 11.1. The largest absolute Gasteiger partial charge is 0.506 e. The molecule has 3 rings (SSSR count). The van der Waals surface area contributed by atoms with Gasteiger partial charge in [0.1, 0.15) is 19.1 Å². The molecule has 3 aromatic rings. The highest BCUT2D eigenvalue weighted by Crippen LogP contribution is 2.26. The van der Waals surface area contributed by atoms with Gasteiger partial charge in [-0.25, -0.2) is 0 Å². The average molecular weight is 206 g/mol. The van der Waals surface area contributed by atoms with Crippen LogP contribution < -0.4 is 5.46 Å². The normalized spacial score (nSPS) is 11.0. The van der Waals surface area contributed by atoms with Gasteiger partial charge in [0.15, 0.2) is 0 Å². The van der Waals surface area contributed by atoms with Crippen LogP contribution in [-0.2, 0) is 0 Å². The Morgan fingerprint density at radius 2 is 1.56 bits per heavy atom. The number of benzene rings is 1. The van der Waals surface area contributed by atoms with E-state index in [1.165, 1.54) is 0 Å². The number of hydrogen-bond acceptors (Lipinski definition) is 3. The van der Waals surface area contributed by atoms with Crippen molar-refractivity contribution >= 4 is 35.1 Å². The molecule has 2 aromatic heterocycles. The second-order valence-electron chi connectivity index (χ2n) is 3.56. The summed E-state index contributed by atoms with van der Waals surface area (Å²) in [5.41, 5.74) is 1.58. The van der Waals surface area contributed by atoms with Gasteiger partial charge in [0, 0.05) is 17.8 Å². The molecule has 0 atom stereocenters. The fourth-order valence-electron chi connectivity index (χ4n) is 1.88. The first kappa shape index (κ1) is 9.15. The lowest BCUT2D eigenvalue weighted by molar-refractivity contribution is 0.485. The Hall–Kier alpha value is -2.10. The van der Waals surface area contributed by atoms with Gasteiger partial charge in [-0.05, 0) is 29.0 Å². The molecule has 1 aromatic carbocycles. The van der Waals surface area contributed by atoms with Crippen molar-refractivity contribution in [1.29, 1.82) is 0 Å². The lowest BCUT2D eigenvalue weighted by Gasteiger charge is -2.08. The number of nitrogens with zero attached hydrogens (tertiary/aromatic N) is 2. The number of fused-ring (bicyclic) bond motifs is 3. The van der Waals surface area contributed by atoms with Gasteiger partial charge in [-0.15, -0.1) is 0 Å². The van der Waals surface area contributed by atoms with Crippen LogP contribution in [0.25, 0.3) is 21.8 Å². The number of rotatable bonds is 0. The fraction of sp³-hybridized carbons (Fsp3) is 0. The van der Waals surface area contributed by atoms with Gasteiger partial charge in [-0.3, -0.25) is 9.97 Å². The Morgan fingerprint density at radius 1 is 0.938 bits per heavy atom. The van der Waals surface area contributed by atoms with Gasteiger partial charge in [-0.1, -0.05) is 6.07 Å². The molecule has 0 bridgehead atoms. The third-order valence-corrected chi connectivity index (χ3v) is 2.64. The van der Waals surface area contributed by atoms with Crippen molar-refractivity contribution in [1.82, 2.24) is 9.97 Å². The maximum Gasteiger partial charge on any atom is 0.135 e. The number of pyridine rings is 2. The van der Waals surface area contributed by atoms with Crippen molar-refractivity contribution in [3.05, 3.63) is 36.7 Å². The van der Waals surface area contributed by atoms with Crippen molar-refractivity contribution < 1.29 is 5.11 Å². The van der Waals surface area contributed by atoms with Gasteiger partial charge >= 0.3 is 0 Å². The lowest BCUT2D eigenvalue weighted by atomic mass is 9.88. The molecular weight excluding hydrogens is 199 g/mol. The predicted octanol–water partition coefficient (Wildman–Crippen LogP) is 1.28. The Morgan fingerprint density at radius 3 is 2.31 bits per heavy atom. The minimum absolute atomic E-state index is 0.0242. The summed E-state index contributed by atoms with van der Waals surface area (Å²) in [6.07, 6.45) is 3.32. The summed E-state index contributed by atoms with van der Waals surface area (Å²) in [5, 5.41) is 11.5. The van der Waals surface area contributed by atoms with E-state index in [-0.39, 0.29) is 5.75 Å². The van der Waals surface area contributed by atoms with E-state index >= 15 is 0 Å². The SMILES string of the molecule is [B]c1c(O)c2ncccc2c2ncccc12. The van der Waals surface area contributed by atoms with E-state index in [2.05, 4.69) is 9.97 Å². The van der Waals surface area contributed by atoms with Crippen LogP contribution in [0.5, 0.6) is 5.75 Å². The summed E-state index contributed by atoms with van der Waals surface area (Å²) in [6.45, 7) is 0. The van der Waals surface area contributed by atoms with Crippen LogP contribution in [0.15, 0.2) is 36.7 Å². The summed E-state index contributed by atoms with van der Waals surface area (Å²) in [5.74, 6) is 0.0242. The van der Waals surface area contributed by atoms with Crippen molar-refractivity contribution in [2.24, 2.45) is 0 Å². The van der Waals surface area contributed by atoms with Crippen molar-refractivity contribution in [3.63, 3.8) is 0 Å². The van der Waals surface area contributed by atoms with Crippen molar-refractivity contribution in [2.45, 2.75) is 0 Å². The molecule has 3 nitrogen and oxygen atoms in total. The van der Waals surface area contributed by atoms with E-state index in [4.69, 9.17) is 7.85 Å². The number of phenolic OH excluding ortho intramolecular Hbond substituents is 1. The highest BCUT2D eigenvalue weighted by atomic mass is 16.3. The summed E-state index contributed by atoms with van der Waals surface area (Å²) in [4.78, 5) is 8.40. The summed E-state index contributed by atoms with van der Waals surface area (Å²) >= 11 is 0. The number of aromatic nitrogens is 2. The minimum atomic E-state index is 0.0242. The molecule has 1 N–H and O–H groups in total. The van der Waals surface area contributed by atoms with Crippen molar-refractivity contribution in [3.8, 4) is 5.75 Å². The molecule has 0 spiro atoms. The van der Waals surface area contributed by atoms with Gasteiger partial charge in [0.05, 0.1) is 5.52 Å². The van der Waals surface area contributed by atoms with Gasteiger partial charge in [-0.2, -0.15) is 0 Å². The van der Waals surface area contributed by atoms with Crippen LogP contribution in [0.1, 0.15) is 0 Å². The molecule has 16 heavy (non-hydrogen) atoms. The molecule has 0 unspecified atom stereocenters. The van der Waals surface area contributed by atoms with Crippen molar-refractivity contribution in [2.75, 3.05) is 0 Å².